The maximum absolute atomic E-state index is 11.5. The third kappa shape index (κ3) is 5.05. The van der Waals surface area contributed by atoms with Crippen molar-refractivity contribution in [1.82, 2.24) is 5.32 Å². The first kappa shape index (κ1) is 14.3. The van der Waals surface area contributed by atoms with Gasteiger partial charge in [-0.1, -0.05) is 6.92 Å². The quantitative estimate of drug-likeness (QED) is 0.630. The molecule has 0 aliphatic carbocycles. The van der Waals surface area contributed by atoms with Crippen LogP contribution in [0, 0.1) is 0 Å². The fourth-order valence-corrected chi connectivity index (χ4v) is 1.40. The number of anilines is 1. The number of carbonyl (C=O) groups is 1. The van der Waals surface area contributed by atoms with Gasteiger partial charge < -0.3 is 20.9 Å². The van der Waals surface area contributed by atoms with Crippen molar-refractivity contribution in [2.24, 2.45) is 0 Å². The van der Waals surface area contributed by atoms with Gasteiger partial charge in [0.25, 0.3) is 0 Å². The van der Waals surface area contributed by atoms with Crippen molar-refractivity contribution in [1.29, 1.82) is 0 Å². The van der Waals surface area contributed by atoms with Gasteiger partial charge in [-0.3, -0.25) is 4.79 Å². The van der Waals surface area contributed by atoms with E-state index in [4.69, 9.17) is 15.6 Å². The Balaban J connectivity index is 2.25. The number of nitrogens with one attached hydrogen (secondary N) is 1. The standard InChI is InChI=1S/C13H20N2O3/c1-2-11(9-16)15-13(17)7-8-18-12-5-3-10(14)4-6-12/h3-6,11,16H,2,7-9,14H2,1H3,(H,15,17). The number of nitrogen functional groups attached to an aromatic ring is 1. The van der Waals surface area contributed by atoms with Gasteiger partial charge in [-0.15, -0.1) is 0 Å². The summed E-state index contributed by atoms with van der Waals surface area (Å²) in [4.78, 5) is 11.5. The number of hydrogen-bond acceptors (Lipinski definition) is 4. The molecule has 0 saturated heterocycles. The van der Waals surface area contributed by atoms with E-state index in [1.54, 1.807) is 24.3 Å². The number of ether oxygens (including phenoxy) is 1. The van der Waals surface area contributed by atoms with Gasteiger partial charge >= 0.3 is 0 Å². The van der Waals surface area contributed by atoms with Crippen molar-refractivity contribution in [2.45, 2.75) is 25.8 Å². The number of aliphatic hydroxyl groups is 1. The van der Waals surface area contributed by atoms with E-state index in [1.165, 1.54) is 0 Å². The zero-order valence-corrected chi connectivity index (χ0v) is 10.6. The molecule has 5 heteroatoms. The van der Waals surface area contributed by atoms with Gasteiger partial charge in [0.05, 0.1) is 25.7 Å². The third-order valence-electron chi connectivity index (χ3n) is 2.56. The Morgan fingerprint density at radius 3 is 2.67 bits per heavy atom. The fraction of sp³-hybridized carbons (Fsp3) is 0.462. The van der Waals surface area contributed by atoms with Crippen molar-refractivity contribution in [2.75, 3.05) is 18.9 Å². The second-order valence-electron chi connectivity index (χ2n) is 4.02. The number of benzene rings is 1. The van der Waals surface area contributed by atoms with Crippen LogP contribution in [0.4, 0.5) is 5.69 Å². The molecule has 0 aromatic heterocycles. The molecule has 4 N–H and O–H groups in total. The molecule has 18 heavy (non-hydrogen) atoms. The minimum Gasteiger partial charge on any atom is -0.493 e. The van der Waals surface area contributed by atoms with Crippen LogP contribution in [0.3, 0.4) is 0 Å². The third-order valence-corrected chi connectivity index (χ3v) is 2.56. The first-order chi connectivity index (χ1) is 8.65. The lowest BCUT2D eigenvalue weighted by Gasteiger charge is -2.14. The molecular weight excluding hydrogens is 232 g/mol. The molecule has 0 aliphatic heterocycles. The molecule has 1 aromatic rings. The maximum Gasteiger partial charge on any atom is 0.223 e. The Morgan fingerprint density at radius 2 is 2.11 bits per heavy atom. The van der Waals surface area contributed by atoms with E-state index in [-0.39, 0.29) is 25.0 Å². The predicted molar refractivity (Wildman–Crippen MR) is 70.3 cm³/mol. The average molecular weight is 252 g/mol. The molecule has 1 aromatic carbocycles. The van der Waals surface area contributed by atoms with E-state index < -0.39 is 0 Å². The number of carbonyl (C=O) groups excluding carboxylic acids is 1. The first-order valence-corrected chi connectivity index (χ1v) is 6.04. The van der Waals surface area contributed by atoms with Crippen LogP contribution in [0.15, 0.2) is 24.3 Å². The maximum atomic E-state index is 11.5. The van der Waals surface area contributed by atoms with E-state index in [0.717, 1.165) is 0 Å². The highest BCUT2D eigenvalue weighted by molar-refractivity contribution is 5.76. The van der Waals surface area contributed by atoms with Crippen LogP contribution in [-0.2, 0) is 4.79 Å². The SMILES string of the molecule is CCC(CO)NC(=O)CCOc1ccc(N)cc1. The Hall–Kier alpha value is -1.75. The van der Waals surface area contributed by atoms with E-state index in [1.807, 2.05) is 6.92 Å². The number of nitrogens with two attached hydrogens (primary N) is 1. The molecule has 0 heterocycles. The zero-order valence-electron chi connectivity index (χ0n) is 10.6. The fourth-order valence-electron chi connectivity index (χ4n) is 1.40. The molecule has 1 amide bonds. The van der Waals surface area contributed by atoms with Crippen molar-refractivity contribution in [3.63, 3.8) is 0 Å². The van der Waals surface area contributed by atoms with Gasteiger partial charge in [0.2, 0.25) is 5.91 Å². The molecular formula is C13H20N2O3. The lowest BCUT2D eigenvalue weighted by atomic mass is 10.2. The van der Waals surface area contributed by atoms with Gasteiger partial charge in [-0.2, -0.15) is 0 Å². The predicted octanol–water partition coefficient (Wildman–Crippen LogP) is 0.925. The summed E-state index contributed by atoms with van der Waals surface area (Å²) in [5.41, 5.74) is 6.22. The molecule has 0 radical (unpaired) electrons. The van der Waals surface area contributed by atoms with E-state index in [9.17, 15) is 4.79 Å². The summed E-state index contributed by atoms with van der Waals surface area (Å²) in [6.07, 6.45) is 0.974. The summed E-state index contributed by atoms with van der Waals surface area (Å²) in [6.45, 7) is 2.17. The molecule has 100 valence electrons. The zero-order chi connectivity index (χ0) is 13.4. The molecule has 0 bridgehead atoms. The molecule has 0 saturated carbocycles. The second kappa shape index (κ2) is 7.55. The van der Waals surface area contributed by atoms with Crippen LogP contribution >= 0.6 is 0 Å². The Kier molecular flexibility index (Phi) is 6.00. The Bertz CT molecular complexity index is 361. The summed E-state index contributed by atoms with van der Waals surface area (Å²) in [5, 5.41) is 11.7. The Labute approximate surface area is 107 Å². The van der Waals surface area contributed by atoms with Crippen LogP contribution in [0.2, 0.25) is 0 Å². The van der Waals surface area contributed by atoms with Gasteiger partial charge in [-0.25, -0.2) is 0 Å². The lowest BCUT2D eigenvalue weighted by molar-refractivity contribution is -0.122. The number of amides is 1. The van der Waals surface area contributed by atoms with Gasteiger partial charge in [0.15, 0.2) is 0 Å². The van der Waals surface area contributed by atoms with Crippen LogP contribution < -0.4 is 15.8 Å². The van der Waals surface area contributed by atoms with Crippen molar-refractivity contribution >= 4 is 11.6 Å². The summed E-state index contributed by atoms with van der Waals surface area (Å²) in [7, 11) is 0. The van der Waals surface area contributed by atoms with Crippen LogP contribution in [0.5, 0.6) is 5.75 Å². The van der Waals surface area contributed by atoms with Crippen LogP contribution in [-0.4, -0.2) is 30.3 Å². The number of hydrogen-bond donors (Lipinski definition) is 3. The van der Waals surface area contributed by atoms with Crippen LogP contribution in [0.25, 0.3) is 0 Å². The van der Waals surface area contributed by atoms with Gasteiger partial charge in [0, 0.05) is 5.69 Å². The first-order valence-electron chi connectivity index (χ1n) is 6.04. The van der Waals surface area contributed by atoms with Gasteiger partial charge in [-0.05, 0) is 30.7 Å². The number of aliphatic hydroxyl groups excluding tert-OH is 1. The highest BCUT2D eigenvalue weighted by Gasteiger charge is 2.08. The Morgan fingerprint density at radius 1 is 1.44 bits per heavy atom. The summed E-state index contributed by atoms with van der Waals surface area (Å²) < 4.78 is 5.40. The second-order valence-corrected chi connectivity index (χ2v) is 4.02. The summed E-state index contributed by atoms with van der Waals surface area (Å²) >= 11 is 0. The van der Waals surface area contributed by atoms with E-state index >= 15 is 0 Å². The van der Waals surface area contributed by atoms with E-state index in [0.29, 0.717) is 24.5 Å². The molecule has 1 unspecified atom stereocenters. The van der Waals surface area contributed by atoms with E-state index in [2.05, 4.69) is 5.32 Å². The molecule has 0 spiro atoms. The number of rotatable bonds is 7. The van der Waals surface area contributed by atoms with Crippen molar-refractivity contribution in [3.05, 3.63) is 24.3 Å². The molecule has 1 rings (SSSR count). The van der Waals surface area contributed by atoms with Gasteiger partial charge in [0.1, 0.15) is 5.75 Å². The minimum absolute atomic E-state index is 0.0406. The monoisotopic (exact) mass is 252 g/mol. The molecule has 0 fully saturated rings. The average Bonchev–Trinajstić information content (AvgIpc) is 2.38. The largest absolute Gasteiger partial charge is 0.493 e. The smallest absolute Gasteiger partial charge is 0.223 e. The molecule has 1 atom stereocenters. The summed E-state index contributed by atoms with van der Waals surface area (Å²) in [6, 6.07) is 6.84. The highest BCUT2D eigenvalue weighted by atomic mass is 16.5. The summed E-state index contributed by atoms with van der Waals surface area (Å²) in [5.74, 6) is 0.567. The van der Waals surface area contributed by atoms with Crippen molar-refractivity contribution < 1.29 is 14.6 Å². The highest BCUT2D eigenvalue weighted by Crippen LogP contribution is 2.13. The van der Waals surface area contributed by atoms with Crippen molar-refractivity contribution in [3.8, 4) is 5.75 Å². The minimum atomic E-state index is -0.172. The molecule has 5 nitrogen and oxygen atoms in total. The lowest BCUT2D eigenvalue weighted by Crippen LogP contribution is -2.37. The molecule has 0 aliphatic rings. The normalized spacial score (nSPS) is 11.9. The van der Waals surface area contributed by atoms with Crippen LogP contribution in [0.1, 0.15) is 19.8 Å². The topological polar surface area (TPSA) is 84.6 Å².